The molecule has 1 heterocycles. The third-order valence-electron chi connectivity index (χ3n) is 3.33. The van der Waals surface area contributed by atoms with Crippen LogP contribution < -0.4 is 15.4 Å². The number of hydrogen-bond acceptors (Lipinski definition) is 3. The van der Waals surface area contributed by atoms with Crippen molar-refractivity contribution in [2.45, 2.75) is 26.0 Å². The number of nitrogens with one attached hydrogen (secondary N) is 2. The van der Waals surface area contributed by atoms with Crippen molar-refractivity contribution < 1.29 is 18.3 Å². The number of benzene rings is 1. The van der Waals surface area contributed by atoms with Crippen molar-refractivity contribution in [2.75, 3.05) is 13.1 Å². The van der Waals surface area contributed by atoms with Gasteiger partial charge in [-0.25, -0.2) is 0 Å². The van der Waals surface area contributed by atoms with Crippen LogP contribution in [0.25, 0.3) is 0 Å². The average Bonchev–Trinajstić information content (AvgIpc) is 2.46. The van der Waals surface area contributed by atoms with E-state index in [2.05, 4.69) is 15.4 Å². The highest BCUT2D eigenvalue weighted by molar-refractivity contribution is 5.85. The van der Waals surface area contributed by atoms with Crippen molar-refractivity contribution in [3.63, 3.8) is 0 Å². The minimum absolute atomic E-state index is 0. The molecule has 0 spiro atoms. The van der Waals surface area contributed by atoms with E-state index < -0.39 is 6.61 Å². The molecule has 1 fully saturated rings. The second kappa shape index (κ2) is 8.79. The smallest absolute Gasteiger partial charge is 0.387 e. The lowest BCUT2D eigenvalue weighted by Crippen LogP contribution is -2.37. The standard InChI is InChI=1S/C14H18F2N2O2.ClH/c15-14(16)20-12-3-1-10(2-4-12)9-18-13(19)11-5-7-17-8-6-11;/h1-4,11,14,17H,5-9H2,(H,18,19);1H. The SMILES string of the molecule is Cl.O=C(NCc1ccc(OC(F)F)cc1)C1CCNCC1. The van der Waals surface area contributed by atoms with Crippen LogP contribution in [0.3, 0.4) is 0 Å². The number of halogens is 3. The van der Waals surface area contributed by atoms with Gasteiger partial charge >= 0.3 is 6.61 Å². The van der Waals surface area contributed by atoms with E-state index in [0.717, 1.165) is 31.5 Å². The largest absolute Gasteiger partial charge is 0.435 e. The van der Waals surface area contributed by atoms with Crippen LogP contribution in [0.1, 0.15) is 18.4 Å². The van der Waals surface area contributed by atoms with E-state index in [0.29, 0.717) is 6.54 Å². The van der Waals surface area contributed by atoms with Gasteiger partial charge in [0, 0.05) is 12.5 Å². The van der Waals surface area contributed by atoms with Crippen molar-refractivity contribution in [3.8, 4) is 5.75 Å². The van der Waals surface area contributed by atoms with Gasteiger partial charge in [0.25, 0.3) is 0 Å². The second-order valence-corrected chi connectivity index (χ2v) is 4.76. The zero-order chi connectivity index (χ0) is 14.4. The van der Waals surface area contributed by atoms with Crippen molar-refractivity contribution in [3.05, 3.63) is 29.8 Å². The van der Waals surface area contributed by atoms with Crippen molar-refractivity contribution in [1.29, 1.82) is 0 Å². The monoisotopic (exact) mass is 320 g/mol. The normalized spacial score (nSPS) is 15.4. The number of carbonyl (C=O) groups is 1. The van der Waals surface area contributed by atoms with Crippen LogP contribution in [-0.4, -0.2) is 25.6 Å². The summed E-state index contributed by atoms with van der Waals surface area (Å²) in [5, 5.41) is 6.08. The van der Waals surface area contributed by atoms with Gasteiger partial charge in [-0.2, -0.15) is 8.78 Å². The predicted molar refractivity (Wildman–Crippen MR) is 77.8 cm³/mol. The van der Waals surface area contributed by atoms with Gasteiger partial charge in [0.15, 0.2) is 0 Å². The average molecular weight is 321 g/mol. The molecular formula is C14H19ClF2N2O2. The van der Waals surface area contributed by atoms with Gasteiger partial charge in [-0.1, -0.05) is 12.1 Å². The number of carbonyl (C=O) groups excluding carboxylic acids is 1. The molecule has 0 bridgehead atoms. The summed E-state index contributed by atoms with van der Waals surface area (Å²) in [5.74, 6) is 0.241. The molecule has 2 rings (SSSR count). The Hall–Kier alpha value is -1.40. The topological polar surface area (TPSA) is 50.4 Å². The third-order valence-corrected chi connectivity index (χ3v) is 3.33. The number of ether oxygens (including phenoxy) is 1. The third kappa shape index (κ3) is 5.85. The van der Waals surface area contributed by atoms with E-state index in [9.17, 15) is 13.6 Å². The molecule has 1 amide bonds. The van der Waals surface area contributed by atoms with E-state index in [4.69, 9.17) is 0 Å². The Morgan fingerprint density at radius 1 is 1.29 bits per heavy atom. The van der Waals surface area contributed by atoms with Gasteiger partial charge < -0.3 is 15.4 Å². The lowest BCUT2D eigenvalue weighted by Gasteiger charge is -2.21. The lowest BCUT2D eigenvalue weighted by molar-refractivity contribution is -0.125. The zero-order valence-electron chi connectivity index (χ0n) is 11.5. The summed E-state index contributed by atoms with van der Waals surface area (Å²) in [4.78, 5) is 11.9. The van der Waals surface area contributed by atoms with Crippen LogP contribution in [0.2, 0.25) is 0 Å². The molecule has 0 radical (unpaired) electrons. The molecule has 1 aliphatic rings. The molecule has 1 saturated heterocycles. The summed E-state index contributed by atoms with van der Waals surface area (Å²) in [6.45, 7) is -0.673. The lowest BCUT2D eigenvalue weighted by atomic mass is 9.97. The van der Waals surface area contributed by atoms with Crippen LogP contribution in [0.15, 0.2) is 24.3 Å². The van der Waals surface area contributed by atoms with Crippen LogP contribution in [0, 0.1) is 5.92 Å². The summed E-state index contributed by atoms with van der Waals surface area (Å²) in [5.41, 5.74) is 0.855. The van der Waals surface area contributed by atoms with Gasteiger partial charge in [0.05, 0.1) is 0 Å². The van der Waals surface area contributed by atoms with E-state index in [-0.39, 0.29) is 30.0 Å². The number of alkyl halides is 2. The number of rotatable bonds is 5. The molecule has 1 aromatic rings. The summed E-state index contributed by atoms with van der Waals surface area (Å²) in [6, 6.07) is 6.27. The zero-order valence-corrected chi connectivity index (χ0v) is 12.3. The Morgan fingerprint density at radius 2 is 1.90 bits per heavy atom. The fourth-order valence-electron chi connectivity index (χ4n) is 2.21. The summed E-state index contributed by atoms with van der Waals surface area (Å²) in [7, 11) is 0. The number of piperidine rings is 1. The van der Waals surface area contributed by atoms with E-state index >= 15 is 0 Å². The van der Waals surface area contributed by atoms with Crippen molar-refractivity contribution in [1.82, 2.24) is 10.6 Å². The first-order valence-electron chi connectivity index (χ1n) is 6.67. The van der Waals surface area contributed by atoms with E-state index in [1.54, 1.807) is 12.1 Å². The molecule has 7 heteroatoms. The fourth-order valence-corrected chi connectivity index (χ4v) is 2.21. The van der Waals surface area contributed by atoms with Gasteiger partial charge in [0.2, 0.25) is 5.91 Å². The van der Waals surface area contributed by atoms with Gasteiger partial charge in [-0.15, -0.1) is 12.4 Å². The van der Waals surface area contributed by atoms with Crippen molar-refractivity contribution >= 4 is 18.3 Å². The Bertz CT molecular complexity index is 437. The maximum atomic E-state index is 12.0. The highest BCUT2D eigenvalue weighted by atomic mass is 35.5. The van der Waals surface area contributed by atoms with Crippen LogP contribution >= 0.6 is 12.4 Å². The molecule has 0 aliphatic carbocycles. The van der Waals surface area contributed by atoms with Crippen LogP contribution in [0.4, 0.5) is 8.78 Å². The molecule has 1 aliphatic heterocycles. The molecule has 0 saturated carbocycles. The van der Waals surface area contributed by atoms with E-state index in [1.165, 1.54) is 12.1 Å². The first-order chi connectivity index (χ1) is 9.65. The van der Waals surface area contributed by atoms with Crippen molar-refractivity contribution in [2.24, 2.45) is 5.92 Å². The van der Waals surface area contributed by atoms with Crippen LogP contribution in [-0.2, 0) is 11.3 Å². The first-order valence-corrected chi connectivity index (χ1v) is 6.67. The molecule has 2 N–H and O–H groups in total. The summed E-state index contributed by atoms with van der Waals surface area (Å²) >= 11 is 0. The molecule has 118 valence electrons. The highest BCUT2D eigenvalue weighted by Crippen LogP contribution is 2.15. The Labute approximate surface area is 128 Å². The molecule has 0 unspecified atom stereocenters. The Kier molecular flexibility index (Phi) is 7.39. The first kappa shape index (κ1) is 17.7. The predicted octanol–water partition coefficient (Wildman–Crippen LogP) is 2.33. The molecule has 0 atom stereocenters. The highest BCUT2D eigenvalue weighted by Gasteiger charge is 2.20. The maximum Gasteiger partial charge on any atom is 0.387 e. The Balaban J connectivity index is 0.00000220. The molecule has 21 heavy (non-hydrogen) atoms. The van der Waals surface area contributed by atoms with Gasteiger partial charge in [-0.3, -0.25) is 4.79 Å². The van der Waals surface area contributed by atoms with Crippen LogP contribution in [0.5, 0.6) is 5.75 Å². The summed E-state index contributed by atoms with van der Waals surface area (Å²) in [6.07, 6.45) is 1.71. The van der Waals surface area contributed by atoms with Gasteiger partial charge in [-0.05, 0) is 43.6 Å². The summed E-state index contributed by atoms with van der Waals surface area (Å²) < 4.78 is 28.3. The Morgan fingerprint density at radius 3 is 2.48 bits per heavy atom. The fraction of sp³-hybridized carbons (Fsp3) is 0.500. The quantitative estimate of drug-likeness (QED) is 0.875. The maximum absolute atomic E-state index is 12.0. The number of amides is 1. The molecule has 0 aromatic heterocycles. The molecule has 1 aromatic carbocycles. The molecular weight excluding hydrogens is 302 g/mol. The van der Waals surface area contributed by atoms with Gasteiger partial charge in [0.1, 0.15) is 5.75 Å². The minimum atomic E-state index is -2.82. The minimum Gasteiger partial charge on any atom is -0.435 e. The van der Waals surface area contributed by atoms with E-state index in [1.807, 2.05) is 0 Å². The second-order valence-electron chi connectivity index (χ2n) is 4.76. The molecule has 4 nitrogen and oxygen atoms in total. The number of hydrogen-bond donors (Lipinski definition) is 2.